The number of carboxylic acids is 1. The third-order valence-corrected chi connectivity index (χ3v) is 3.38. The van der Waals surface area contributed by atoms with Gasteiger partial charge < -0.3 is 20.3 Å². The van der Waals surface area contributed by atoms with E-state index in [1.165, 1.54) is 0 Å². The van der Waals surface area contributed by atoms with Crippen molar-refractivity contribution in [2.45, 2.75) is 53.1 Å². The Morgan fingerprint density at radius 1 is 1.24 bits per heavy atom. The van der Waals surface area contributed by atoms with Crippen LogP contribution in [0.5, 0.6) is 0 Å². The molecule has 0 radical (unpaired) electrons. The molecule has 0 aromatic carbocycles. The van der Waals surface area contributed by atoms with Crippen LogP contribution in [0.3, 0.4) is 0 Å². The maximum atomic E-state index is 12.0. The highest BCUT2D eigenvalue weighted by atomic mass is 16.5. The van der Waals surface area contributed by atoms with E-state index in [1.54, 1.807) is 6.92 Å². The van der Waals surface area contributed by atoms with Crippen molar-refractivity contribution < 1.29 is 19.2 Å². The van der Waals surface area contributed by atoms with E-state index in [0.29, 0.717) is 5.76 Å². The fourth-order valence-corrected chi connectivity index (χ4v) is 2.23. The van der Waals surface area contributed by atoms with Gasteiger partial charge in [-0.15, -0.1) is 0 Å². The lowest BCUT2D eigenvalue weighted by Crippen LogP contribution is -2.46. The van der Waals surface area contributed by atoms with Gasteiger partial charge in [0.05, 0.1) is 18.2 Å². The maximum absolute atomic E-state index is 12.0. The number of hydrogen-bond acceptors (Lipinski definition) is 4. The van der Waals surface area contributed by atoms with Gasteiger partial charge in [0, 0.05) is 11.6 Å². The number of carbonyl (C=O) groups is 2. The van der Waals surface area contributed by atoms with Crippen molar-refractivity contribution in [1.82, 2.24) is 15.8 Å². The molecule has 3 N–H and O–H groups in total. The average molecular weight is 297 g/mol. The quantitative estimate of drug-likeness (QED) is 0.746. The number of hydrogen-bond donors (Lipinski definition) is 3. The zero-order valence-electron chi connectivity index (χ0n) is 13.1. The molecule has 0 saturated heterocycles. The van der Waals surface area contributed by atoms with Crippen LogP contribution >= 0.6 is 0 Å². The molecule has 0 bridgehead atoms. The number of aryl methyl sites for hydroxylation is 2. The van der Waals surface area contributed by atoms with Crippen molar-refractivity contribution in [3.63, 3.8) is 0 Å². The number of nitrogens with zero attached hydrogens (tertiary/aromatic N) is 1. The van der Waals surface area contributed by atoms with Gasteiger partial charge in [-0.05, 0) is 26.7 Å². The Morgan fingerprint density at radius 3 is 2.29 bits per heavy atom. The lowest BCUT2D eigenvalue weighted by Gasteiger charge is -2.22. The molecule has 0 saturated carbocycles. The second-order valence-electron chi connectivity index (χ2n) is 5.53. The molecule has 0 spiro atoms. The summed E-state index contributed by atoms with van der Waals surface area (Å²) in [5.41, 5.74) is 1.57. The Balaban J connectivity index is 2.66. The van der Waals surface area contributed by atoms with Crippen LogP contribution in [0, 0.1) is 19.8 Å². The summed E-state index contributed by atoms with van der Waals surface area (Å²) in [7, 11) is 0. The number of aromatic nitrogens is 1. The standard InChI is InChI=1S/C14H23N3O4/c1-7(2)11(6-12(18)19)16-14(20)15-8(3)13-9(4)17-21-10(13)5/h7-8,11H,6H2,1-5H3,(H,18,19)(H2,15,16,20). The molecule has 1 aromatic rings. The molecular weight excluding hydrogens is 274 g/mol. The zero-order chi connectivity index (χ0) is 16.2. The molecule has 7 nitrogen and oxygen atoms in total. The first-order chi connectivity index (χ1) is 9.72. The predicted octanol–water partition coefficient (Wildman–Crippen LogP) is 2.15. The molecule has 0 aliphatic rings. The molecule has 0 fully saturated rings. The molecule has 1 heterocycles. The minimum atomic E-state index is -0.937. The Hall–Kier alpha value is -2.05. The number of carbonyl (C=O) groups excluding carboxylic acids is 1. The van der Waals surface area contributed by atoms with Crippen molar-refractivity contribution in [3.05, 3.63) is 17.0 Å². The van der Waals surface area contributed by atoms with E-state index in [0.717, 1.165) is 11.3 Å². The fourth-order valence-electron chi connectivity index (χ4n) is 2.23. The van der Waals surface area contributed by atoms with E-state index in [2.05, 4.69) is 15.8 Å². The maximum Gasteiger partial charge on any atom is 0.315 e. The summed E-state index contributed by atoms with van der Waals surface area (Å²) in [6.07, 6.45) is -0.106. The molecule has 2 unspecified atom stereocenters. The smallest absolute Gasteiger partial charge is 0.315 e. The number of aliphatic carboxylic acids is 1. The Morgan fingerprint density at radius 2 is 1.86 bits per heavy atom. The molecule has 1 aromatic heterocycles. The fraction of sp³-hybridized carbons (Fsp3) is 0.643. The highest BCUT2D eigenvalue weighted by Crippen LogP contribution is 2.20. The Bertz CT molecular complexity index is 491. The third-order valence-electron chi connectivity index (χ3n) is 3.38. The van der Waals surface area contributed by atoms with Crippen molar-refractivity contribution >= 4 is 12.0 Å². The Labute approximate surface area is 124 Å². The van der Waals surface area contributed by atoms with Crippen molar-refractivity contribution in [2.24, 2.45) is 5.92 Å². The van der Waals surface area contributed by atoms with Crippen LogP contribution in [-0.4, -0.2) is 28.3 Å². The predicted molar refractivity (Wildman–Crippen MR) is 76.9 cm³/mol. The SMILES string of the molecule is Cc1noc(C)c1C(C)NC(=O)NC(CC(=O)O)C(C)C. The van der Waals surface area contributed by atoms with Gasteiger partial charge in [0.25, 0.3) is 0 Å². The van der Waals surface area contributed by atoms with Gasteiger partial charge in [-0.25, -0.2) is 4.79 Å². The summed E-state index contributed by atoms with van der Waals surface area (Å²) in [6, 6.07) is -1.09. The highest BCUT2D eigenvalue weighted by Gasteiger charge is 2.22. The molecule has 21 heavy (non-hydrogen) atoms. The molecular formula is C14H23N3O4. The summed E-state index contributed by atoms with van der Waals surface area (Å²) in [5.74, 6) is -0.250. The van der Waals surface area contributed by atoms with E-state index in [-0.39, 0.29) is 18.4 Å². The molecule has 2 atom stereocenters. The van der Waals surface area contributed by atoms with Crippen LogP contribution < -0.4 is 10.6 Å². The van der Waals surface area contributed by atoms with E-state index in [4.69, 9.17) is 9.63 Å². The normalized spacial score (nSPS) is 13.8. The first kappa shape index (κ1) is 17.0. The Kier molecular flexibility index (Phi) is 5.75. The third kappa shape index (κ3) is 4.77. The van der Waals surface area contributed by atoms with Crippen LogP contribution in [0.4, 0.5) is 4.79 Å². The molecule has 0 aliphatic carbocycles. The zero-order valence-corrected chi connectivity index (χ0v) is 13.1. The van der Waals surface area contributed by atoms with Gasteiger partial charge in [0.2, 0.25) is 0 Å². The number of urea groups is 1. The minimum absolute atomic E-state index is 0.0289. The van der Waals surface area contributed by atoms with E-state index in [9.17, 15) is 9.59 Å². The second kappa shape index (κ2) is 7.10. The average Bonchev–Trinajstić information content (AvgIpc) is 2.67. The van der Waals surface area contributed by atoms with Crippen molar-refractivity contribution in [2.75, 3.05) is 0 Å². The first-order valence-corrected chi connectivity index (χ1v) is 6.94. The topological polar surface area (TPSA) is 104 Å². The molecule has 2 amide bonds. The van der Waals surface area contributed by atoms with Gasteiger partial charge >= 0.3 is 12.0 Å². The van der Waals surface area contributed by atoms with Crippen LogP contribution in [0.15, 0.2) is 4.52 Å². The van der Waals surface area contributed by atoms with Gasteiger partial charge in [-0.3, -0.25) is 4.79 Å². The van der Waals surface area contributed by atoms with Gasteiger partial charge in [-0.2, -0.15) is 0 Å². The lowest BCUT2D eigenvalue weighted by molar-refractivity contribution is -0.137. The number of amides is 2. The summed E-state index contributed by atoms with van der Waals surface area (Å²) in [4.78, 5) is 22.8. The molecule has 118 valence electrons. The van der Waals surface area contributed by atoms with E-state index < -0.39 is 18.0 Å². The summed E-state index contributed by atoms with van der Waals surface area (Å²) >= 11 is 0. The van der Waals surface area contributed by atoms with Crippen molar-refractivity contribution in [3.8, 4) is 0 Å². The number of rotatable bonds is 6. The minimum Gasteiger partial charge on any atom is -0.481 e. The van der Waals surface area contributed by atoms with Crippen LogP contribution in [0.2, 0.25) is 0 Å². The van der Waals surface area contributed by atoms with E-state index >= 15 is 0 Å². The summed E-state index contributed by atoms with van der Waals surface area (Å²) < 4.78 is 5.07. The van der Waals surface area contributed by atoms with Gasteiger partial charge in [-0.1, -0.05) is 19.0 Å². The molecule has 0 aliphatic heterocycles. The number of carboxylic acid groups (broad SMARTS) is 1. The van der Waals surface area contributed by atoms with E-state index in [1.807, 2.05) is 27.7 Å². The van der Waals surface area contributed by atoms with Crippen molar-refractivity contribution in [1.29, 1.82) is 0 Å². The van der Waals surface area contributed by atoms with Crippen LogP contribution in [0.25, 0.3) is 0 Å². The lowest BCUT2D eigenvalue weighted by atomic mass is 10.0. The first-order valence-electron chi connectivity index (χ1n) is 6.94. The van der Waals surface area contributed by atoms with Gasteiger partial charge in [0.1, 0.15) is 5.76 Å². The van der Waals surface area contributed by atoms with Gasteiger partial charge in [0.15, 0.2) is 0 Å². The highest BCUT2D eigenvalue weighted by molar-refractivity contribution is 5.76. The molecule has 7 heteroatoms. The van der Waals surface area contributed by atoms with Crippen LogP contribution in [0.1, 0.15) is 50.3 Å². The summed E-state index contributed by atoms with van der Waals surface area (Å²) in [5, 5.41) is 18.2. The monoisotopic (exact) mass is 297 g/mol. The van der Waals surface area contributed by atoms with Crippen LogP contribution in [-0.2, 0) is 4.79 Å². The summed E-state index contributed by atoms with van der Waals surface area (Å²) in [6.45, 7) is 9.15. The molecule has 1 rings (SSSR count). The number of nitrogens with one attached hydrogen (secondary N) is 2. The largest absolute Gasteiger partial charge is 0.481 e. The second-order valence-corrected chi connectivity index (χ2v) is 5.53.